The van der Waals surface area contributed by atoms with Gasteiger partial charge in [0.25, 0.3) is 0 Å². The second kappa shape index (κ2) is 8.91. The summed E-state index contributed by atoms with van der Waals surface area (Å²) in [7, 11) is 0. The van der Waals surface area contributed by atoms with E-state index >= 15 is 0 Å². The highest BCUT2D eigenvalue weighted by Crippen LogP contribution is 2.21. The average Bonchev–Trinajstić information content (AvgIpc) is 2.57. The molecule has 0 spiro atoms. The van der Waals surface area contributed by atoms with Gasteiger partial charge in [0, 0.05) is 25.6 Å². The van der Waals surface area contributed by atoms with Crippen molar-refractivity contribution in [2.75, 3.05) is 32.8 Å². The molecule has 0 bridgehead atoms. The Hall–Kier alpha value is -1.39. The quantitative estimate of drug-likeness (QED) is 0.842. The first-order valence-corrected chi connectivity index (χ1v) is 8.36. The van der Waals surface area contributed by atoms with Gasteiger partial charge >= 0.3 is 0 Å². The van der Waals surface area contributed by atoms with Crippen LogP contribution in [0.2, 0.25) is 0 Å². The summed E-state index contributed by atoms with van der Waals surface area (Å²) < 4.78 is 5.45. The Kier molecular flexibility index (Phi) is 6.87. The van der Waals surface area contributed by atoms with E-state index in [0.29, 0.717) is 6.54 Å². The SMILES string of the molecule is CCCC(C)C(=O)NCC(c1ccccc1)N1CCOCC1. The lowest BCUT2D eigenvalue weighted by Crippen LogP contribution is -2.44. The molecule has 1 N–H and O–H groups in total. The fourth-order valence-corrected chi connectivity index (χ4v) is 2.96. The lowest BCUT2D eigenvalue weighted by atomic mass is 10.0. The second-order valence-electron chi connectivity index (χ2n) is 6.01. The lowest BCUT2D eigenvalue weighted by Gasteiger charge is -2.35. The van der Waals surface area contributed by atoms with Crippen molar-refractivity contribution in [3.8, 4) is 0 Å². The van der Waals surface area contributed by atoms with Gasteiger partial charge in [-0.2, -0.15) is 0 Å². The molecule has 4 nitrogen and oxygen atoms in total. The van der Waals surface area contributed by atoms with E-state index in [9.17, 15) is 4.79 Å². The number of nitrogens with one attached hydrogen (secondary N) is 1. The highest BCUT2D eigenvalue weighted by Gasteiger charge is 2.23. The maximum atomic E-state index is 12.2. The first-order valence-electron chi connectivity index (χ1n) is 8.36. The van der Waals surface area contributed by atoms with Crippen molar-refractivity contribution in [2.45, 2.75) is 32.7 Å². The number of hydrogen-bond acceptors (Lipinski definition) is 3. The molecule has 2 rings (SSSR count). The van der Waals surface area contributed by atoms with Crippen LogP contribution < -0.4 is 5.32 Å². The van der Waals surface area contributed by atoms with Crippen LogP contribution >= 0.6 is 0 Å². The molecular weight excluding hydrogens is 276 g/mol. The third kappa shape index (κ3) is 4.82. The third-order valence-electron chi connectivity index (χ3n) is 4.31. The molecule has 4 heteroatoms. The maximum Gasteiger partial charge on any atom is 0.222 e. The minimum atomic E-state index is 0.0890. The second-order valence-corrected chi connectivity index (χ2v) is 6.01. The first-order chi connectivity index (χ1) is 10.7. The molecule has 2 unspecified atom stereocenters. The first kappa shape index (κ1) is 17.0. The zero-order valence-corrected chi connectivity index (χ0v) is 13.8. The molecule has 22 heavy (non-hydrogen) atoms. The van der Waals surface area contributed by atoms with E-state index in [2.05, 4.69) is 41.4 Å². The Labute approximate surface area is 133 Å². The highest BCUT2D eigenvalue weighted by atomic mass is 16.5. The molecule has 0 saturated carbocycles. The van der Waals surface area contributed by atoms with Gasteiger partial charge < -0.3 is 10.1 Å². The molecule has 0 radical (unpaired) electrons. The Balaban J connectivity index is 2.00. The summed E-state index contributed by atoms with van der Waals surface area (Å²) in [6.07, 6.45) is 1.99. The van der Waals surface area contributed by atoms with Gasteiger partial charge in [0.1, 0.15) is 0 Å². The van der Waals surface area contributed by atoms with Crippen LogP contribution in [0.5, 0.6) is 0 Å². The van der Waals surface area contributed by atoms with Crippen molar-refractivity contribution in [2.24, 2.45) is 5.92 Å². The van der Waals surface area contributed by atoms with Crippen molar-refractivity contribution >= 4 is 5.91 Å². The molecule has 0 aliphatic carbocycles. The van der Waals surface area contributed by atoms with Gasteiger partial charge in [0.15, 0.2) is 0 Å². The molecule has 1 aliphatic heterocycles. The zero-order chi connectivity index (χ0) is 15.8. The van der Waals surface area contributed by atoms with Crippen molar-refractivity contribution < 1.29 is 9.53 Å². The molecule has 1 saturated heterocycles. The van der Waals surface area contributed by atoms with Crippen LogP contribution in [0.15, 0.2) is 30.3 Å². The number of morpholine rings is 1. The lowest BCUT2D eigenvalue weighted by molar-refractivity contribution is -0.125. The van der Waals surface area contributed by atoms with E-state index in [-0.39, 0.29) is 17.9 Å². The monoisotopic (exact) mass is 304 g/mol. The Morgan fingerprint density at radius 1 is 1.27 bits per heavy atom. The summed E-state index contributed by atoms with van der Waals surface area (Å²) in [4.78, 5) is 14.6. The summed E-state index contributed by atoms with van der Waals surface area (Å²) in [5.41, 5.74) is 1.26. The van der Waals surface area contributed by atoms with Crippen LogP contribution in [0.1, 0.15) is 38.3 Å². The number of nitrogens with zero attached hydrogens (tertiary/aromatic N) is 1. The number of hydrogen-bond donors (Lipinski definition) is 1. The molecular formula is C18H28N2O2. The van der Waals surface area contributed by atoms with Crippen molar-refractivity contribution in [3.63, 3.8) is 0 Å². The van der Waals surface area contributed by atoms with Crippen LogP contribution in [0.3, 0.4) is 0 Å². The number of amides is 1. The zero-order valence-electron chi connectivity index (χ0n) is 13.8. The standard InChI is InChI=1S/C18H28N2O2/c1-3-7-15(2)18(21)19-14-17(16-8-5-4-6-9-16)20-10-12-22-13-11-20/h4-6,8-9,15,17H,3,7,10-14H2,1-2H3,(H,19,21). The minimum Gasteiger partial charge on any atom is -0.379 e. The van der Waals surface area contributed by atoms with Crippen molar-refractivity contribution in [3.05, 3.63) is 35.9 Å². The molecule has 1 amide bonds. The molecule has 1 aromatic carbocycles. The summed E-state index contributed by atoms with van der Waals surface area (Å²) in [6, 6.07) is 10.7. The van der Waals surface area contributed by atoms with E-state index in [1.54, 1.807) is 0 Å². The van der Waals surface area contributed by atoms with Gasteiger partial charge in [-0.15, -0.1) is 0 Å². The molecule has 2 atom stereocenters. The average molecular weight is 304 g/mol. The summed E-state index contributed by atoms with van der Waals surface area (Å²) in [5, 5.41) is 3.14. The Bertz CT molecular complexity index is 444. The Morgan fingerprint density at radius 2 is 1.95 bits per heavy atom. The van der Waals surface area contributed by atoms with E-state index < -0.39 is 0 Å². The van der Waals surface area contributed by atoms with Crippen LogP contribution in [0, 0.1) is 5.92 Å². The maximum absolute atomic E-state index is 12.2. The van der Waals surface area contributed by atoms with E-state index in [0.717, 1.165) is 39.1 Å². The smallest absolute Gasteiger partial charge is 0.222 e. The van der Waals surface area contributed by atoms with Gasteiger partial charge in [-0.1, -0.05) is 50.6 Å². The van der Waals surface area contributed by atoms with Gasteiger partial charge in [-0.25, -0.2) is 0 Å². The van der Waals surface area contributed by atoms with Crippen LogP contribution in [-0.2, 0) is 9.53 Å². The molecule has 1 aromatic rings. The van der Waals surface area contributed by atoms with Crippen LogP contribution in [0.4, 0.5) is 0 Å². The number of rotatable bonds is 7. The molecule has 0 aromatic heterocycles. The van der Waals surface area contributed by atoms with Crippen LogP contribution in [0.25, 0.3) is 0 Å². The summed E-state index contributed by atoms with van der Waals surface area (Å²) in [6.45, 7) is 8.15. The predicted molar refractivity (Wildman–Crippen MR) is 88.7 cm³/mol. The number of benzene rings is 1. The van der Waals surface area contributed by atoms with Crippen LogP contribution in [-0.4, -0.2) is 43.7 Å². The largest absolute Gasteiger partial charge is 0.379 e. The topological polar surface area (TPSA) is 41.6 Å². The molecule has 1 fully saturated rings. The minimum absolute atomic E-state index is 0.0890. The van der Waals surface area contributed by atoms with Crippen molar-refractivity contribution in [1.29, 1.82) is 0 Å². The van der Waals surface area contributed by atoms with E-state index in [4.69, 9.17) is 4.74 Å². The van der Waals surface area contributed by atoms with Crippen molar-refractivity contribution in [1.82, 2.24) is 10.2 Å². The Morgan fingerprint density at radius 3 is 2.59 bits per heavy atom. The normalized spacial score (nSPS) is 18.6. The molecule has 122 valence electrons. The van der Waals surface area contributed by atoms with Gasteiger partial charge in [0.2, 0.25) is 5.91 Å². The van der Waals surface area contributed by atoms with Gasteiger partial charge in [0.05, 0.1) is 19.3 Å². The van der Waals surface area contributed by atoms with E-state index in [1.165, 1.54) is 5.56 Å². The van der Waals surface area contributed by atoms with Gasteiger partial charge in [-0.3, -0.25) is 9.69 Å². The number of carbonyl (C=O) groups is 1. The summed E-state index contributed by atoms with van der Waals surface area (Å²) >= 11 is 0. The highest BCUT2D eigenvalue weighted by molar-refractivity contribution is 5.78. The van der Waals surface area contributed by atoms with Gasteiger partial charge in [-0.05, 0) is 12.0 Å². The third-order valence-corrected chi connectivity index (χ3v) is 4.31. The fraction of sp³-hybridized carbons (Fsp3) is 0.611. The fourth-order valence-electron chi connectivity index (χ4n) is 2.96. The molecule has 1 heterocycles. The molecule has 1 aliphatic rings. The van der Waals surface area contributed by atoms with E-state index in [1.807, 2.05) is 13.0 Å². The predicted octanol–water partition coefficient (Wildman–Crippen LogP) is 2.61. The summed E-state index contributed by atoms with van der Waals surface area (Å²) in [5.74, 6) is 0.252. The number of ether oxygens (including phenoxy) is 1. The number of carbonyl (C=O) groups excluding carboxylic acids is 1.